The number of carbonyl (C=O) groups excluding carboxylic acids is 2. The Morgan fingerprint density at radius 1 is 1.23 bits per heavy atom. The smallest absolute Gasteiger partial charge is 0.339 e. The molecule has 0 radical (unpaired) electrons. The number of quaternary nitrogens is 1. The van der Waals surface area contributed by atoms with Crippen molar-refractivity contribution in [3.63, 3.8) is 0 Å². The summed E-state index contributed by atoms with van der Waals surface area (Å²) in [5, 5.41) is 1.22. The summed E-state index contributed by atoms with van der Waals surface area (Å²) >= 11 is 1.79. The zero-order chi connectivity index (χ0) is 21.4. The summed E-state index contributed by atoms with van der Waals surface area (Å²) in [4.78, 5) is 34.5. The quantitative estimate of drug-likeness (QED) is 0.486. The van der Waals surface area contributed by atoms with Gasteiger partial charge >= 0.3 is 5.97 Å². The number of ketones is 1. The summed E-state index contributed by atoms with van der Waals surface area (Å²) in [5.41, 5.74) is 3.44. The van der Waals surface area contributed by atoms with Crippen LogP contribution in [0.2, 0.25) is 0 Å². The topological polar surface area (TPSA) is 76.5 Å². The molecule has 0 spiro atoms. The van der Waals surface area contributed by atoms with Crippen molar-refractivity contribution < 1.29 is 19.2 Å². The van der Waals surface area contributed by atoms with E-state index in [1.165, 1.54) is 21.7 Å². The SMILES string of the molecule is COC(=O)c1c(C)[nH]c(C(=O)[C@@H](C)[NH+]2CCC(c3nc4ccccc4s3)CC2)c1C. The molecule has 1 aromatic carbocycles. The fraction of sp³-hybridized carbons (Fsp3) is 0.435. The zero-order valence-electron chi connectivity index (χ0n) is 17.9. The molecule has 3 aromatic rings. The molecule has 3 heterocycles. The molecule has 1 aliphatic rings. The molecule has 0 saturated carbocycles. The highest BCUT2D eigenvalue weighted by Gasteiger charge is 2.34. The minimum Gasteiger partial charge on any atom is -0.465 e. The molecule has 7 heteroatoms. The van der Waals surface area contributed by atoms with Gasteiger partial charge in [0.15, 0.2) is 0 Å². The number of piperidine rings is 1. The predicted molar refractivity (Wildman–Crippen MR) is 118 cm³/mol. The van der Waals surface area contributed by atoms with Crippen molar-refractivity contribution in [2.45, 2.75) is 45.6 Å². The molecule has 30 heavy (non-hydrogen) atoms. The van der Waals surface area contributed by atoms with Gasteiger partial charge < -0.3 is 14.6 Å². The first-order valence-corrected chi connectivity index (χ1v) is 11.2. The second-order valence-electron chi connectivity index (χ2n) is 8.15. The molecule has 0 amide bonds. The molecule has 1 fully saturated rings. The summed E-state index contributed by atoms with van der Waals surface area (Å²) < 4.78 is 6.10. The highest BCUT2D eigenvalue weighted by Crippen LogP contribution is 2.31. The first kappa shape index (κ1) is 20.8. The number of nitrogens with zero attached hydrogens (tertiary/aromatic N) is 1. The molecule has 0 bridgehead atoms. The molecule has 1 aliphatic heterocycles. The van der Waals surface area contributed by atoms with Crippen LogP contribution >= 0.6 is 11.3 Å². The zero-order valence-corrected chi connectivity index (χ0v) is 18.7. The van der Waals surface area contributed by atoms with Crippen molar-refractivity contribution in [3.05, 3.63) is 51.8 Å². The van der Waals surface area contributed by atoms with Gasteiger partial charge in [0.2, 0.25) is 5.78 Å². The van der Waals surface area contributed by atoms with E-state index in [4.69, 9.17) is 9.72 Å². The van der Waals surface area contributed by atoms with Gasteiger partial charge in [0, 0.05) is 24.5 Å². The molecule has 1 atom stereocenters. The number of likely N-dealkylation sites (tertiary alicyclic amines) is 1. The standard InChI is InChI=1S/C23H27N3O3S/c1-13-19(23(28)29-4)14(2)24-20(13)21(27)15(3)26-11-9-16(10-12-26)22-25-17-7-5-6-8-18(17)30-22/h5-8,15-16,24H,9-12H2,1-4H3/p+1/t15-/m1/s1. The highest BCUT2D eigenvalue weighted by molar-refractivity contribution is 7.18. The van der Waals surface area contributed by atoms with Crippen LogP contribution in [-0.2, 0) is 4.74 Å². The fourth-order valence-corrected chi connectivity index (χ4v) is 5.68. The van der Waals surface area contributed by atoms with Crippen LogP contribution < -0.4 is 4.90 Å². The summed E-state index contributed by atoms with van der Waals surface area (Å²) in [6.45, 7) is 7.48. The first-order chi connectivity index (χ1) is 14.4. The molecular formula is C23H28N3O3S+. The number of esters is 1. The minimum atomic E-state index is -0.406. The number of thiazole rings is 1. The highest BCUT2D eigenvalue weighted by atomic mass is 32.1. The predicted octanol–water partition coefficient (Wildman–Crippen LogP) is 3.06. The fourth-order valence-electron chi connectivity index (χ4n) is 4.54. The third-order valence-corrected chi connectivity index (χ3v) is 7.57. The van der Waals surface area contributed by atoms with Gasteiger partial charge in [-0.05, 0) is 38.5 Å². The van der Waals surface area contributed by atoms with Crippen molar-refractivity contribution in [2.75, 3.05) is 20.2 Å². The molecule has 1 saturated heterocycles. The minimum absolute atomic E-state index is 0.0548. The molecule has 0 aliphatic carbocycles. The number of rotatable bonds is 5. The van der Waals surface area contributed by atoms with E-state index < -0.39 is 5.97 Å². The Bertz CT molecular complexity index is 1060. The van der Waals surface area contributed by atoms with E-state index in [9.17, 15) is 9.59 Å². The number of Topliss-reactive ketones (excluding diaryl/α,β-unsaturated/α-hetero) is 1. The average Bonchev–Trinajstić information content (AvgIpc) is 3.33. The Balaban J connectivity index is 1.44. The van der Waals surface area contributed by atoms with Gasteiger partial charge in [0.1, 0.15) is 6.04 Å². The van der Waals surface area contributed by atoms with Gasteiger partial charge in [0.05, 0.1) is 46.7 Å². The molecular weight excluding hydrogens is 398 g/mol. The van der Waals surface area contributed by atoms with Crippen LogP contribution in [0.5, 0.6) is 0 Å². The van der Waals surface area contributed by atoms with Crippen molar-refractivity contribution >= 4 is 33.3 Å². The van der Waals surface area contributed by atoms with Crippen molar-refractivity contribution in [3.8, 4) is 0 Å². The maximum absolute atomic E-state index is 13.2. The van der Waals surface area contributed by atoms with Crippen LogP contribution in [-0.4, -0.2) is 48.0 Å². The molecule has 2 aromatic heterocycles. The Morgan fingerprint density at radius 2 is 1.93 bits per heavy atom. The molecule has 158 valence electrons. The number of nitrogens with one attached hydrogen (secondary N) is 2. The Labute approximate surface area is 180 Å². The molecule has 2 N–H and O–H groups in total. The molecule has 6 nitrogen and oxygen atoms in total. The van der Waals surface area contributed by atoms with Crippen LogP contribution in [0, 0.1) is 13.8 Å². The van der Waals surface area contributed by atoms with E-state index in [0.29, 0.717) is 28.4 Å². The second kappa shape index (κ2) is 8.32. The van der Waals surface area contributed by atoms with E-state index in [0.717, 1.165) is 31.4 Å². The number of benzene rings is 1. The van der Waals surface area contributed by atoms with Gasteiger partial charge in [0.25, 0.3) is 0 Å². The summed E-state index contributed by atoms with van der Waals surface area (Å²) in [7, 11) is 1.36. The number of fused-ring (bicyclic) bond motifs is 1. The molecule has 4 rings (SSSR count). The van der Waals surface area contributed by atoms with Gasteiger partial charge in [-0.3, -0.25) is 4.79 Å². The first-order valence-electron chi connectivity index (χ1n) is 10.4. The molecule has 0 unspecified atom stereocenters. The van der Waals surface area contributed by atoms with Gasteiger partial charge in [-0.1, -0.05) is 12.1 Å². The third-order valence-electron chi connectivity index (χ3n) is 6.37. The van der Waals surface area contributed by atoms with Crippen LogP contribution in [0.15, 0.2) is 24.3 Å². The Hall–Kier alpha value is -2.51. The van der Waals surface area contributed by atoms with Crippen molar-refractivity contribution in [1.82, 2.24) is 9.97 Å². The number of hydrogen-bond donors (Lipinski definition) is 2. The number of aryl methyl sites for hydroxylation is 1. The maximum Gasteiger partial charge on any atom is 0.339 e. The Kier molecular flexibility index (Phi) is 5.75. The number of hydrogen-bond acceptors (Lipinski definition) is 5. The number of H-pyrrole nitrogens is 1. The van der Waals surface area contributed by atoms with E-state index >= 15 is 0 Å². The van der Waals surface area contributed by atoms with Gasteiger partial charge in [-0.2, -0.15) is 0 Å². The Morgan fingerprint density at radius 3 is 2.60 bits per heavy atom. The average molecular weight is 427 g/mol. The lowest BCUT2D eigenvalue weighted by Gasteiger charge is -2.31. The van der Waals surface area contributed by atoms with E-state index in [-0.39, 0.29) is 11.8 Å². The van der Waals surface area contributed by atoms with Crippen molar-refractivity contribution in [1.29, 1.82) is 0 Å². The van der Waals surface area contributed by atoms with Gasteiger partial charge in [-0.25, -0.2) is 9.78 Å². The number of para-hydroxylation sites is 1. The summed E-state index contributed by atoms with van der Waals surface area (Å²) in [6, 6.07) is 8.12. The maximum atomic E-state index is 13.2. The summed E-state index contributed by atoms with van der Waals surface area (Å²) in [6.07, 6.45) is 2.06. The number of aromatic amines is 1. The van der Waals surface area contributed by atoms with Gasteiger partial charge in [-0.15, -0.1) is 11.3 Å². The summed E-state index contributed by atoms with van der Waals surface area (Å²) in [5.74, 6) is 0.116. The van der Waals surface area contributed by atoms with E-state index in [1.807, 2.05) is 19.9 Å². The lowest BCUT2D eigenvalue weighted by atomic mass is 9.95. The van der Waals surface area contributed by atoms with E-state index in [2.05, 4.69) is 23.2 Å². The van der Waals surface area contributed by atoms with Crippen LogP contribution in [0.4, 0.5) is 0 Å². The lowest BCUT2D eigenvalue weighted by molar-refractivity contribution is -0.918. The van der Waals surface area contributed by atoms with Crippen LogP contribution in [0.1, 0.15) is 62.8 Å². The van der Waals surface area contributed by atoms with E-state index in [1.54, 1.807) is 18.3 Å². The normalized spacial score (nSPS) is 20.3. The third kappa shape index (κ3) is 3.68. The number of carbonyl (C=O) groups is 2. The van der Waals surface area contributed by atoms with Crippen LogP contribution in [0.25, 0.3) is 10.2 Å². The van der Waals surface area contributed by atoms with Crippen molar-refractivity contribution in [2.24, 2.45) is 0 Å². The second-order valence-corrected chi connectivity index (χ2v) is 9.22. The lowest BCUT2D eigenvalue weighted by Crippen LogP contribution is -3.17. The largest absolute Gasteiger partial charge is 0.465 e. The van der Waals surface area contributed by atoms with Crippen LogP contribution in [0.3, 0.4) is 0 Å². The number of aromatic nitrogens is 2. The number of ether oxygens (including phenoxy) is 1. The monoisotopic (exact) mass is 426 g/mol. The number of methoxy groups -OCH3 is 1.